The second kappa shape index (κ2) is 9.69. The van der Waals surface area contributed by atoms with Crippen molar-refractivity contribution in [2.24, 2.45) is 0 Å². The predicted octanol–water partition coefficient (Wildman–Crippen LogP) is 12.8. The number of benzene rings is 8. The Balaban J connectivity index is 1.34. The van der Waals surface area contributed by atoms with E-state index in [1.165, 1.54) is 38.2 Å². The minimum atomic E-state index is 0.874. The lowest BCUT2D eigenvalue weighted by atomic mass is 9.84. The van der Waals surface area contributed by atoms with Crippen molar-refractivity contribution in [2.75, 3.05) is 0 Å². The molecular formula is C44H26O2. The first-order valence-corrected chi connectivity index (χ1v) is 15.7. The van der Waals surface area contributed by atoms with E-state index in [4.69, 9.17) is 8.83 Å². The van der Waals surface area contributed by atoms with E-state index in [1.54, 1.807) is 0 Å². The molecule has 2 heterocycles. The molecule has 0 atom stereocenters. The van der Waals surface area contributed by atoms with Crippen molar-refractivity contribution in [3.63, 3.8) is 0 Å². The summed E-state index contributed by atoms with van der Waals surface area (Å²) < 4.78 is 12.9. The van der Waals surface area contributed by atoms with Crippen LogP contribution in [0.2, 0.25) is 0 Å². The summed E-state index contributed by atoms with van der Waals surface area (Å²) in [6, 6.07) is 56.1. The highest BCUT2D eigenvalue weighted by Gasteiger charge is 2.21. The zero-order valence-electron chi connectivity index (χ0n) is 24.8. The molecule has 46 heavy (non-hydrogen) atoms. The minimum absolute atomic E-state index is 0.874. The van der Waals surface area contributed by atoms with Gasteiger partial charge >= 0.3 is 0 Å². The van der Waals surface area contributed by atoms with Gasteiger partial charge in [-0.3, -0.25) is 0 Å². The Bertz CT molecular complexity index is 2740. The lowest BCUT2D eigenvalue weighted by Crippen LogP contribution is -1.92. The van der Waals surface area contributed by atoms with Crippen molar-refractivity contribution in [1.82, 2.24) is 0 Å². The summed E-state index contributed by atoms with van der Waals surface area (Å²) in [4.78, 5) is 0. The van der Waals surface area contributed by atoms with Crippen molar-refractivity contribution in [1.29, 1.82) is 0 Å². The number of fused-ring (bicyclic) bond motifs is 8. The zero-order chi connectivity index (χ0) is 30.2. The molecule has 0 N–H and O–H groups in total. The Labute approximate surface area is 264 Å². The molecule has 0 radical (unpaired) electrons. The van der Waals surface area contributed by atoms with E-state index in [2.05, 4.69) is 140 Å². The van der Waals surface area contributed by atoms with Crippen LogP contribution < -0.4 is 0 Å². The van der Waals surface area contributed by atoms with Gasteiger partial charge in [0.15, 0.2) is 0 Å². The molecule has 2 aromatic heterocycles. The van der Waals surface area contributed by atoms with Gasteiger partial charge in [-0.1, -0.05) is 121 Å². The Morgan fingerprint density at radius 1 is 0.283 bits per heavy atom. The van der Waals surface area contributed by atoms with E-state index in [0.29, 0.717) is 0 Å². The van der Waals surface area contributed by atoms with Gasteiger partial charge in [0.25, 0.3) is 0 Å². The lowest BCUT2D eigenvalue weighted by Gasteiger charge is -2.19. The average molecular weight is 587 g/mol. The molecule has 0 saturated heterocycles. The first kappa shape index (κ1) is 25.2. The van der Waals surface area contributed by atoms with Gasteiger partial charge in [0, 0.05) is 21.5 Å². The van der Waals surface area contributed by atoms with E-state index in [1.807, 2.05) is 18.2 Å². The highest BCUT2D eigenvalue weighted by Crippen LogP contribution is 2.48. The molecule has 0 spiro atoms. The standard InChI is InChI=1S/C44H26O2/c1-2-12-27(13-3-1)42-32-15-4-6-17-34(32)43(35-18-7-5-16-33(35)42)37-24-29(26-41-44(37)36-19-9-11-21-39(36)46-41)28-22-23-31-30-14-8-10-20-38(30)45-40(31)25-28/h1-26H. The predicted molar refractivity (Wildman–Crippen MR) is 192 cm³/mol. The molecule has 0 fully saturated rings. The Kier molecular flexibility index (Phi) is 5.31. The second-order valence-corrected chi connectivity index (χ2v) is 12.0. The van der Waals surface area contributed by atoms with Gasteiger partial charge in [0.05, 0.1) is 0 Å². The molecular weight excluding hydrogens is 560 g/mol. The molecule has 0 amide bonds. The smallest absolute Gasteiger partial charge is 0.136 e. The molecule has 10 rings (SSSR count). The van der Waals surface area contributed by atoms with Crippen LogP contribution >= 0.6 is 0 Å². The fourth-order valence-electron chi connectivity index (χ4n) is 7.46. The van der Waals surface area contributed by atoms with Crippen LogP contribution in [-0.2, 0) is 0 Å². The maximum Gasteiger partial charge on any atom is 0.136 e. The Hall–Kier alpha value is -6.12. The van der Waals surface area contributed by atoms with Crippen molar-refractivity contribution in [3.8, 4) is 33.4 Å². The van der Waals surface area contributed by atoms with Gasteiger partial charge in [-0.25, -0.2) is 0 Å². The van der Waals surface area contributed by atoms with E-state index in [-0.39, 0.29) is 0 Å². The summed E-state index contributed by atoms with van der Waals surface area (Å²) in [6.45, 7) is 0. The van der Waals surface area contributed by atoms with Crippen LogP contribution in [0.1, 0.15) is 0 Å². The van der Waals surface area contributed by atoms with Crippen LogP contribution in [0.5, 0.6) is 0 Å². The zero-order valence-corrected chi connectivity index (χ0v) is 24.8. The summed E-state index contributed by atoms with van der Waals surface area (Å²) in [5, 5.41) is 9.41. The molecule has 0 aliphatic carbocycles. The second-order valence-electron chi connectivity index (χ2n) is 12.0. The molecule has 2 heteroatoms. The van der Waals surface area contributed by atoms with Crippen LogP contribution in [0.4, 0.5) is 0 Å². The molecule has 0 aliphatic heterocycles. The Morgan fingerprint density at radius 3 is 1.48 bits per heavy atom. The normalized spacial score (nSPS) is 11.9. The number of hydrogen-bond acceptors (Lipinski definition) is 2. The van der Waals surface area contributed by atoms with Gasteiger partial charge < -0.3 is 8.83 Å². The fourth-order valence-corrected chi connectivity index (χ4v) is 7.46. The Morgan fingerprint density at radius 2 is 0.783 bits per heavy atom. The summed E-state index contributed by atoms with van der Waals surface area (Å²) in [7, 11) is 0. The molecule has 0 saturated carbocycles. The van der Waals surface area contributed by atoms with Gasteiger partial charge in [-0.05, 0) is 91.3 Å². The molecule has 2 nitrogen and oxygen atoms in total. The summed E-state index contributed by atoms with van der Waals surface area (Å²) in [6.07, 6.45) is 0. The molecule has 0 aliphatic rings. The minimum Gasteiger partial charge on any atom is -0.456 e. The first-order chi connectivity index (χ1) is 22.8. The third-order valence-corrected chi connectivity index (χ3v) is 9.45. The van der Waals surface area contributed by atoms with Crippen molar-refractivity contribution >= 4 is 65.4 Å². The van der Waals surface area contributed by atoms with Crippen molar-refractivity contribution in [3.05, 3.63) is 158 Å². The molecule has 10 aromatic rings. The largest absolute Gasteiger partial charge is 0.456 e. The third-order valence-electron chi connectivity index (χ3n) is 9.45. The number of para-hydroxylation sites is 2. The van der Waals surface area contributed by atoms with Crippen LogP contribution in [0.3, 0.4) is 0 Å². The van der Waals surface area contributed by atoms with Crippen LogP contribution in [-0.4, -0.2) is 0 Å². The summed E-state index contributed by atoms with van der Waals surface area (Å²) in [5.41, 5.74) is 10.6. The van der Waals surface area contributed by atoms with E-state index in [9.17, 15) is 0 Å². The summed E-state index contributed by atoms with van der Waals surface area (Å²) >= 11 is 0. The third kappa shape index (κ3) is 3.65. The molecule has 0 bridgehead atoms. The van der Waals surface area contributed by atoms with Crippen molar-refractivity contribution < 1.29 is 8.83 Å². The lowest BCUT2D eigenvalue weighted by molar-refractivity contribution is 0.668. The number of rotatable bonds is 3. The number of furan rings is 2. The van der Waals surface area contributed by atoms with Gasteiger partial charge in [-0.2, -0.15) is 0 Å². The van der Waals surface area contributed by atoms with E-state index in [0.717, 1.165) is 60.6 Å². The van der Waals surface area contributed by atoms with Crippen molar-refractivity contribution in [2.45, 2.75) is 0 Å². The molecule has 214 valence electrons. The number of hydrogen-bond donors (Lipinski definition) is 0. The molecule has 8 aromatic carbocycles. The average Bonchev–Trinajstić information content (AvgIpc) is 3.68. The van der Waals surface area contributed by atoms with Crippen LogP contribution in [0, 0.1) is 0 Å². The van der Waals surface area contributed by atoms with Gasteiger partial charge in [0.1, 0.15) is 22.3 Å². The first-order valence-electron chi connectivity index (χ1n) is 15.7. The SMILES string of the molecule is c1ccc(-c2c3ccccc3c(-c3cc(-c4ccc5c(c4)oc4ccccc45)cc4oc5ccccc5c34)c3ccccc23)cc1. The van der Waals surface area contributed by atoms with Crippen LogP contribution in [0.15, 0.2) is 167 Å². The van der Waals surface area contributed by atoms with Crippen LogP contribution in [0.25, 0.3) is 98.8 Å². The van der Waals surface area contributed by atoms with E-state index >= 15 is 0 Å². The maximum atomic E-state index is 6.61. The monoisotopic (exact) mass is 586 g/mol. The maximum absolute atomic E-state index is 6.61. The van der Waals surface area contributed by atoms with Gasteiger partial charge in [-0.15, -0.1) is 0 Å². The topological polar surface area (TPSA) is 26.3 Å². The molecule has 0 unspecified atom stereocenters. The van der Waals surface area contributed by atoms with Gasteiger partial charge in [0.2, 0.25) is 0 Å². The highest BCUT2D eigenvalue weighted by atomic mass is 16.3. The highest BCUT2D eigenvalue weighted by molar-refractivity contribution is 6.26. The van der Waals surface area contributed by atoms with E-state index < -0.39 is 0 Å². The summed E-state index contributed by atoms with van der Waals surface area (Å²) in [5.74, 6) is 0. The fraction of sp³-hybridized carbons (Fsp3) is 0. The quantitative estimate of drug-likeness (QED) is 0.193.